The topological polar surface area (TPSA) is 119 Å². The molecule has 9 nitrogen and oxygen atoms in total. The Hall–Kier alpha value is -3.82. The molecule has 3 aromatic rings. The third-order valence-corrected chi connectivity index (χ3v) is 5.66. The standard InChI is InChI=1S/C21H20FN7O2/c1-9-17-15(28-21(23)25-9)7-14(26-19(17)30)12-5-4-11(22)6-13(12)16-8-24-18-20(27-16)31-10(2)29(18)3/h4-6,8,10,14H,7H2,1-3H3,(H,26,30)(H2,23,25,28)/t10?,14-/m1/s1. The molecule has 3 N–H and O–H groups in total. The second-order valence-electron chi connectivity index (χ2n) is 7.66. The number of carbonyl (C=O) groups excluding carboxylic acids is 1. The first-order chi connectivity index (χ1) is 14.8. The zero-order valence-corrected chi connectivity index (χ0v) is 17.2. The third-order valence-electron chi connectivity index (χ3n) is 5.66. The Kier molecular flexibility index (Phi) is 4.24. The van der Waals surface area contributed by atoms with Crippen molar-refractivity contribution in [2.45, 2.75) is 32.5 Å². The molecule has 2 aliphatic rings. The number of nitrogen functional groups attached to an aromatic ring is 1. The molecule has 1 aromatic carbocycles. The SMILES string of the molecule is Cc1nc(N)nc2c1C(=O)N[C@@H](c1ccc(F)cc1-c1cnc3c(n1)OC(C)N3C)C2. The second-order valence-corrected chi connectivity index (χ2v) is 7.66. The van der Waals surface area contributed by atoms with Gasteiger partial charge in [0.15, 0.2) is 12.0 Å². The number of nitrogens with two attached hydrogens (primary N) is 1. The van der Waals surface area contributed by atoms with Gasteiger partial charge in [0, 0.05) is 19.0 Å². The van der Waals surface area contributed by atoms with Crippen molar-refractivity contribution in [3.8, 4) is 17.1 Å². The van der Waals surface area contributed by atoms with E-state index in [1.807, 2.05) is 18.9 Å². The number of anilines is 2. The Balaban J connectivity index is 1.58. The van der Waals surface area contributed by atoms with Gasteiger partial charge in [0.1, 0.15) is 5.82 Å². The van der Waals surface area contributed by atoms with Crippen LogP contribution in [0.25, 0.3) is 11.3 Å². The van der Waals surface area contributed by atoms with Crippen LogP contribution in [-0.2, 0) is 6.42 Å². The predicted octanol–water partition coefficient (Wildman–Crippen LogP) is 2.17. The maximum atomic E-state index is 14.2. The number of hydrogen-bond acceptors (Lipinski definition) is 8. The highest BCUT2D eigenvalue weighted by Gasteiger charge is 2.32. The van der Waals surface area contributed by atoms with Gasteiger partial charge < -0.3 is 20.7 Å². The van der Waals surface area contributed by atoms with E-state index in [1.165, 1.54) is 12.1 Å². The molecular formula is C21H20FN7O2. The van der Waals surface area contributed by atoms with E-state index < -0.39 is 11.9 Å². The van der Waals surface area contributed by atoms with Crippen LogP contribution in [0.2, 0.25) is 0 Å². The average molecular weight is 421 g/mol. The normalized spacial score (nSPS) is 19.5. The summed E-state index contributed by atoms with van der Waals surface area (Å²) < 4.78 is 20.0. The summed E-state index contributed by atoms with van der Waals surface area (Å²) in [7, 11) is 1.86. The number of fused-ring (bicyclic) bond motifs is 2. The van der Waals surface area contributed by atoms with E-state index in [0.717, 1.165) is 0 Å². The van der Waals surface area contributed by atoms with Crippen molar-refractivity contribution in [1.29, 1.82) is 0 Å². The highest BCUT2D eigenvalue weighted by Crippen LogP contribution is 2.37. The maximum Gasteiger partial charge on any atom is 0.260 e. The van der Waals surface area contributed by atoms with Gasteiger partial charge in [0.25, 0.3) is 11.8 Å². The number of aryl methyl sites for hydroxylation is 1. The molecule has 5 rings (SSSR count). The van der Waals surface area contributed by atoms with Crippen molar-refractivity contribution in [2.75, 3.05) is 17.7 Å². The Morgan fingerprint density at radius 1 is 1.29 bits per heavy atom. The summed E-state index contributed by atoms with van der Waals surface area (Å²) in [6, 6.07) is 3.94. The second kappa shape index (κ2) is 6.86. The van der Waals surface area contributed by atoms with Crippen molar-refractivity contribution in [1.82, 2.24) is 25.3 Å². The fourth-order valence-electron chi connectivity index (χ4n) is 4.04. The van der Waals surface area contributed by atoms with Gasteiger partial charge in [0.2, 0.25) is 5.95 Å². The van der Waals surface area contributed by atoms with Gasteiger partial charge in [-0.1, -0.05) is 6.07 Å². The van der Waals surface area contributed by atoms with E-state index in [-0.39, 0.29) is 18.1 Å². The summed E-state index contributed by atoms with van der Waals surface area (Å²) in [6.07, 6.45) is 1.78. The number of hydrogen-bond donors (Lipinski definition) is 2. The van der Waals surface area contributed by atoms with Crippen LogP contribution < -0.4 is 20.7 Å². The van der Waals surface area contributed by atoms with Gasteiger partial charge >= 0.3 is 0 Å². The van der Waals surface area contributed by atoms with Crippen molar-refractivity contribution in [3.63, 3.8) is 0 Å². The minimum atomic E-state index is -0.443. The minimum absolute atomic E-state index is 0.115. The minimum Gasteiger partial charge on any atom is -0.451 e. The summed E-state index contributed by atoms with van der Waals surface area (Å²) >= 11 is 0. The molecule has 10 heteroatoms. The lowest BCUT2D eigenvalue weighted by molar-refractivity contribution is 0.0922. The zero-order valence-electron chi connectivity index (χ0n) is 17.2. The molecule has 31 heavy (non-hydrogen) atoms. The fourth-order valence-corrected chi connectivity index (χ4v) is 4.04. The third kappa shape index (κ3) is 3.11. The number of benzene rings is 1. The van der Waals surface area contributed by atoms with Crippen LogP contribution in [0, 0.1) is 12.7 Å². The summed E-state index contributed by atoms with van der Waals surface area (Å²) in [5, 5.41) is 2.98. The Bertz CT molecular complexity index is 1230. The summed E-state index contributed by atoms with van der Waals surface area (Å²) in [4.78, 5) is 32.0. The highest BCUT2D eigenvalue weighted by atomic mass is 19.1. The number of amides is 1. The molecule has 1 amide bonds. The van der Waals surface area contributed by atoms with Gasteiger partial charge in [-0.3, -0.25) is 4.79 Å². The smallest absolute Gasteiger partial charge is 0.260 e. The van der Waals surface area contributed by atoms with Gasteiger partial charge in [-0.15, -0.1) is 0 Å². The average Bonchev–Trinajstić information content (AvgIpc) is 3.00. The molecule has 0 radical (unpaired) electrons. The van der Waals surface area contributed by atoms with E-state index in [1.54, 1.807) is 19.2 Å². The largest absolute Gasteiger partial charge is 0.451 e. The van der Waals surface area contributed by atoms with Crippen LogP contribution in [0.1, 0.15) is 40.3 Å². The molecule has 2 atom stereocenters. The number of aromatic nitrogens is 4. The molecule has 0 saturated carbocycles. The number of halogens is 1. The highest BCUT2D eigenvalue weighted by molar-refractivity contribution is 5.98. The lowest BCUT2D eigenvalue weighted by Crippen LogP contribution is -2.37. The molecule has 4 heterocycles. The Morgan fingerprint density at radius 2 is 2.10 bits per heavy atom. The predicted molar refractivity (Wildman–Crippen MR) is 111 cm³/mol. The Labute approximate surface area is 177 Å². The number of rotatable bonds is 2. The molecule has 0 fully saturated rings. The first-order valence-corrected chi connectivity index (χ1v) is 9.82. The van der Waals surface area contributed by atoms with E-state index >= 15 is 0 Å². The molecule has 2 aromatic heterocycles. The summed E-state index contributed by atoms with van der Waals surface area (Å²) in [5.74, 6) is 0.410. The first kappa shape index (κ1) is 19.2. The van der Waals surface area contributed by atoms with Crippen LogP contribution in [0.5, 0.6) is 5.88 Å². The first-order valence-electron chi connectivity index (χ1n) is 9.82. The van der Waals surface area contributed by atoms with Crippen LogP contribution in [0.15, 0.2) is 24.4 Å². The van der Waals surface area contributed by atoms with Crippen molar-refractivity contribution >= 4 is 17.7 Å². The summed E-state index contributed by atoms with van der Waals surface area (Å²) in [6.45, 7) is 3.61. The monoisotopic (exact) mass is 421 g/mol. The molecule has 0 aliphatic carbocycles. The molecule has 0 saturated heterocycles. The fraction of sp³-hybridized carbons (Fsp3) is 0.286. The maximum absolute atomic E-state index is 14.2. The van der Waals surface area contributed by atoms with Gasteiger partial charge in [-0.2, -0.15) is 0 Å². The molecule has 1 unspecified atom stereocenters. The van der Waals surface area contributed by atoms with Crippen molar-refractivity contribution in [3.05, 3.63) is 52.7 Å². The molecule has 158 valence electrons. The van der Waals surface area contributed by atoms with E-state index in [9.17, 15) is 9.18 Å². The number of nitrogens with zero attached hydrogens (tertiary/aromatic N) is 5. The van der Waals surface area contributed by atoms with Gasteiger partial charge in [-0.05, 0) is 31.5 Å². The number of ether oxygens (including phenoxy) is 1. The van der Waals surface area contributed by atoms with E-state index in [0.29, 0.717) is 51.9 Å². The van der Waals surface area contributed by atoms with Crippen LogP contribution >= 0.6 is 0 Å². The zero-order chi connectivity index (χ0) is 21.9. The molecule has 0 spiro atoms. The van der Waals surface area contributed by atoms with Crippen LogP contribution in [0.4, 0.5) is 16.2 Å². The molecular weight excluding hydrogens is 401 g/mol. The number of nitrogens with one attached hydrogen (secondary N) is 1. The van der Waals surface area contributed by atoms with Crippen molar-refractivity contribution in [2.24, 2.45) is 0 Å². The lowest BCUT2D eigenvalue weighted by atomic mass is 9.90. The van der Waals surface area contributed by atoms with Gasteiger partial charge in [-0.25, -0.2) is 24.3 Å². The van der Waals surface area contributed by atoms with Crippen LogP contribution in [-0.4, -0.2) is 39.1 Å². The summed E-state index contributed by atoms with van der Waals surface area (Å²) in [5.41, 5.74) is 8.98. The molecule has 0 bridgehead atoms. The van der Waals surface area contributed by atoms with E-state index in [4.69, 9.17) is 10.5 Å². The Morgan fingerprint density at radius 3 is 2.90 bits per heavy atom. The number of carbonyl (C=O) groups is 1. The lowest BCUT2D eigenvalue weighted by Gasteiger charge is -2.27. The molecule has 2 aliphatic heterocycles. The quantitative estimate of drug-likeness (QED) is 0.646. The van der Waals surface area contributed by atoms with Crippen molar-refractivity contribution < 1.29 is 13.9 Å². The van der Waals surface area contributed by atoms with Gasteiger partial charge in [0.05, 0.1) is 34.9 Å². The van der Waals surface area contributed by atoms with Crippen LogP contribution in [0.3, 0.4) is 0 Å². The van der Waals surface area contributed by atoms with E-state index in [2.05, 4.69) is 25.3 Å².